The van der Waals surface area contributed by atoms with Crippen molar-refractivity contribution in [1.82, 2.24) is 10.6 Å². The van der Waals surface area contributed by atoms with Crippen molar-refractivity contribution in [2.45, 2.75) is 38.0 Å². The smallest absolute Gasteiger partial charge is 0.236 e. The van der Waals surface area contributed by atoms with Gasteiger partial charge in [-0.15, -0.1) is 0 Å². The van der Waals surface area contributed by atoms with Gasteiger partial charge < -0.3 is 20.5 Å². The summed E-state index contributed by atoms with van der Waals surface area (Å²) in [5, 5.41) is 15.7. The Morgan fingerprint density at radius 1 is 1.73 bits per heavy atom. The second-order valence-corrected chi connectivity index (χ2v) is 4.08. The molecular weight excluding hydrogens is 196 g/mol. The summed E-state index contributed by atoms with van der Waals surface area (Å²) in [7, 11) is 1.59. The fourth-order valence-electron chi connectivity index (χ4n) is 1.64. The van der Waals surface area contributed by atoms with Crippen molar-refractivity contribution >= 4 is 5.91 Å². The Morgan fingerprint density at radius 2 is 2.40 bits per heavy atom. The minimum Gasteiger partial charge on any atom is -0.386 e. The Balaban J connectivity index is 2.39. The number of carbonyl (C=O) groups is 1. The molecule has 3 N–H and O–H groups in total. The molecular formula is C10H20N2O3. The van der Waals surface area contributed by atoms with Crippen molar-refractivity contribution in [3.05, 3.63) is 0 Å². The average molecular weight is 216 g/mol. The first kappa shape index (κ1) is 12.4. The van der Waals surface area contributed by atoms with E-state index in [9.17, 15) is 9.90 Å². The van der Waals surface area contributed by atoms with Gasteiger partial charge in [0.15, 0.2) is 0 Å². The van der Waals surface area contributed by atoms with Crippen LogP contribution in [0.15, 0.2) is 0 Å². The first-order valence-corrected chi connectivity index (χ1v) is 5.28. The van der Waals surface area contributed by atoms with Crippen molar-refractivity contribution in [1.29, 1.82) is 0 Å². The Morgan fingerprint density at radius 3 is 2.87 bits per heavy atom. The zero-order valence-corrected chi connectivity index (χ0v) is 9.54. The highest BCUT2D eigenvalue weighted by atomic mass is 16.5. The number of hydrogen-bond acceptors (Lipinski definition) is 4. The maximum absolute atomic E-state index is 11.2. The Labute approximate surface area is 90.2 Å². The van der Waals surface area contributed by atoms with E-state index in [2.05, 4.69) is 10.6 Å². The molecule has 3 atom stereocenters. The number of hydrogen-bond donors (Lipinski definition) is 3. The van der Waals surface area contributed by atoms with Crippen LogP contribution in [0, 0.1) is 0 Å². The lowest BCUT2D eigenvalue weighted by Gasteiger charge is -2.27. The zero-order chi connectivity index (χ0) is 11.5. The maximum Gasteiger partial charge on any atom is 0.236 e. The van der Waals surface area contributed by atoms with Crippen LogP contribution in [0.3, 0.4) is 0 Å². The van der Waals surface area contributed by atoms with Crippen LogP contribution in [0.4, 0.5) is 0 Å². The van der Waals surface area contributed by atoms with E-state index in [4.69, 9.17) is 4.74 Å². The molecule has 1 rings (SSSR count). The predicted molar refractivity (Wildman–Crippen MR) is 56.5 cm³/mol. The van der Waals surface area contributed by atoms with Gasteiger partial charge >= 0.3 is 0 Å². The molecule has 0 spiro atoms. The van der Waals surface area contributed by atoms with E-state index in [1.54, 1.807) is 14.0 Å². The molecule has 5 nitrogen and oxygen atoms in total. The van der Waals surface area contributed by atoms with Crippen molar-refractivity contribution in [2.75, 3.05) is 20.2 Å². The number of likely N-dealkylation sites (N-methyl/N-ethyl adjacent to an activating group) is 1. The molecule has 0 aromatic carbocycles. The normalized spacial score (nSPS) is 32.7. The topological polar surface area (TPSA) is 70.6 Å². The molecule has 1 aliphatic rings. The summed E-state index contributed by atoms with van der Waals surface area (Å²) in [6.45, 7) is 4.57. The van der Waals surface area contributed by atoms with Crippen LogP contribution in [0.5, 0.6) is 0 Å². The van der Waals surface area contributed by atoms with Gasteiger partial charge in [0, 0.05) is 26.6 Å². The van der Waals surface area contributed by atoms with Gasteiger partial charge in [0.25, 0.3) is 0 Å². The molecule has 0 radical (unpaired) electrons. The second kappa shape index (κ2) is 4.92. The van der Waals surface area contributed by atoms with E-state index in [-0.39, 0.29) is 18.1 Å². The summed E-state index contributed by atoms with van der Waals surface area (Å²) in [4.78, 5) is 11.2. The van der Waals surface area contributed by atoms with Crippen LogP contribution in [-0.4, -0.2) is 49.0 Å². The van der Waals surface area contributed by atoms with Gasteiger partial charge in [-0.1, -0.05) is 0 Å². The van der Waals surface area contributed by atoms with Gasteiger partial charge in [-0.3, -0.25) is 4.79 Å². The number of carbonyl (C=O) groups excluding carboxylic acids is 1. The average Bonchev–Trinajstić information content (AvgIpc) is 2.55. The van der Waals surface area contributed by atoms with Crippen LogP contribution in [0.25, 0.3) is 0 Å². The molecule has 1 aliphatic heterocycles. The van der Waals surface area contributed by atoms with Gasteiger partial charge in [0.1, 0.15) is 5.60 Å². The van der Waals surface area contributed by atoms with E-state index in [1.807, 2.05) is 6.92 Å². The van der Waals surface area contributed by atoms with Crippen LogP contribution in [-0.2, 0) is 9.53 Å². The standard InChI is InChI=1S/C10H20N2O3/c1-7(9(13)11-3)12-6-10(14)4-5-15-8(10)2/h7-8,12,14H,4-6H2,1-3H3,(H,11,13). The Hall–Kier alpha value is -0.650. The fourth-order valence-corrected chi connectivity index (χ4v) is 1.64. The van der Waals surface area contributed by atoms with Gasteiger partial charge in [-0.25, -0.2) is 0 Å². The Bertz CT molecular complexity index is 235. The summed E-state index contributed by atoms with van der Waals surface area (Å²) in [6.07, 6.45) is 0.434. The molecule has 1 fully saturated rings. The van der Waals surface area contributed by atoms with Gasteiger partial charge in [0.2, 0.25) is 5.91 Å². The highest BCUT2D eigenvalue weighted by molar-refractivity contribution is 5.80. The molecule has 0 bridgehead atoms. The molecule has 0 aromatic heterocycles. The lowest BCUT2D eigenvalue weighted by Crippen LogP contribution is -2.51. The molecule has 0 saturated carbocycles. The molecule has 1 heterocycles. The van der Waals surface area contributed by atoms with Crippen LogP contribution >= 0.6 is 0 Å². The molecule has 3 unspecified atom stereocenters. The lowest BCUT2D eigenvalue weighted by molar-refractivity contribution is -0.122. The van der Waals surface area contributed by atoms with Gasteiger partial charge in [0.05, 0.1) is 12.1 Å². The highest BCUT2D eigenvalue weighted by Crippen LogP contribution is 2.24. The molecule has 88 valence electrons. The Kier molecular flexibility index (Phi) is 4.07. The van der Waals surface area contributed by atoms with E-state index in [1.165, 1.54) is 0 Å². The number of aliphatic hydroxyl groups is 1. The van der Waals surface area contributed by atoms with Crippen molar-refractivity contribution in [3.63, 3.8) is 0 Å². The summed E-state index contributed by atoms with van der Waals surface area (Å²) in [5.41, 5.74) is -0.845. The van der Waals surface area contributed by atoms with Crippen molar-refractivity contribution in [2.24, 2.45) is 0 Å². The van der Waals surface area contributed by atoms with E-state index < -0.39 is 5.60 Å². The summed E-state index contributed by atoms with van der Waals surface area (Å²) in [6, 6.07) is -0.299. The van der Waals surface area contributed by atoms with Crippen LogP contribution in [0.2, 0.25) is 0 Å². The third-order valence-corrected chi connectivity index (χ3v) is 3.01. The first-order valence-electron chi connectivity index (χ1n) is 5.28. The SMILES string of the molecule is CNC(=O)C(C)NCC1(O)CCOC1C. The minimum absolute atomic E-state index is 0.0785. The molecule has 0 aliphatic carbocycles. The number of amides is 1. The summed E-state index contributed by atoms with van der Waals surface area (Å²) >= 11 is 0. The van der Waals surface area contributed by atoms with E-state index in [0.717, 1.165) is 0 Å². The van der Waals surface area contributed by atoms with Crippen molar-refractivity contribution in [3.8, 4) is 0 Å². The first-order chi connectivity index (χ1) is 6.99. The molecule has 1 amide bonds. The monoisotopic (exact) mass is 216 g/mol. The predicted octanol–water partition coefficient (Wildman–Crippen LogP) is -0.750. The third kappa shape index (κ3) is 2.90. The zero-order valence-electron chi connectivity index (χ0n) is 9.54. The quantitative estimate of drug-likeness (QED) is 0.578. The fraction of sp³-hybridized carbons (Fsp3) is 0.900. The van der Waals surface area contributed by atoms with Crippen LogP contribution in [0.1, 0.15) is 20.3 Å². The van der Waals surface area contributed by atoms with E-state index >= 15 is 0 Å². The second-order valence-electron chi connectivity index (χ2n) is 4.08. The summed E-state index contributed by atoms with van der Waals surface area (Å²) in [5.74, 6) is -0.0785. The number of nitrogens with one attached hydrogen (secondary N) is 2. The molecule has 1 saturated heterocycles. The van der Waals surface area contributed by atoms with Crippen LogP contribution < -0.4 is 10.6 Å². The number of rotatable bonds is 4. The lowest BCUT2D eigenvalue weighted by atomic mass is 9.96. The number of ether oxygens (including phenoxy) is 1. The van der Waals surface area contributed by atoms with E-state index in [0.29, 0.717) is 19.6 Å². The largest absolute Gasteiger partial charge is 0.386 e. The molecule has 0 aromatic rings. The summed E-state index contributed by atoms with van der Waals surface area (Å²) < 4.78 is 5.30. The minimum atomic E-state index is -0.845. The maximum atomic E-state index is 11.2. The van der Waals surface area contributed by atoms with Crippen molar-refractivity contribution < 1.29 is 14.6 Å². The van der Waals surface area contributed by atoms with Gasteiger partial charge in [-0.2, -0.15) is 0 Å². The molecule has 5 heteroatoms. The molecule has 15 heavy (non-hydrogen) atoms. The van der Waals surface area contributed by atoms with Gasteiger partial charge in [-0.05, 0) is 13.8 Å². The highest BCUT2D eigenvalue weighted by Gasteiger charge is 2.39. The third-order valence-electron chi connectivity index (χ3n) is 3.01.